The number of fused-ring (bicyclic) bond motifs is 1. The van der Waals surface area contributed by atoms with Crippen LogP contribution in [0.1, 0.15) is 18.2 Å². The van der Waals surface area contributed by atoms with Crippen LogP contribution < -0.4 is 0 Å². The van der Waals surface area contributed by atoms with Crippen molar-refractivity contribution in [3.05, 3.63) is 12.7 Å². The molecule has 2 aromatic heterocycles. The molecule has 0 spiro atoms. The Labute approximate surface area is 102 Å². The quantitative estimate of drug-likeness (QED) is 0.607. The van der Waals surface area contributed by atoms with Crippen molar-refractivity contribution in [2.45, 2.75) is 23.2 Å². The molecule has 0 aliphatic carbocycles. The largest absolute Gasteiger partial charge is 0.302 e. The predicted molar refractivity (Wildman–Crippen MR) is 67.8 cm³/mol. The third-order valence-corrected chi connectivity index (χ3v) is 4.79. The van der Waals surface area contributed by atoms with Crippen LogP contribution >= 0.6 is 23.5 Å². The maximum Gasteiger partial charge on any atom is 0.165 e. The molecule has 0 aromatic carbocycles. The van der Waals surface area contributed by atoms with Crippen molar-refractivity contribution in [1.29, 1.82) is 0 Å². The van der Waals surface area contributed by atoms with Crippen LogP contribution in [0.2, 0.25) is 0 Å². The van der Waals surface area contributed by atoms with Crippen LogP contribution in [0.4, 0.5) is 0 Å². The van der Waals surface area contributed by atoms with Crippen LogP contribution in [0.25, 0.3) is 11.2 Å². The molecule has 1 unspecified atom stereocenters. The molecule has 4 nitrogen and oxygen atoms in total. The van der Waals surface area contributed by atoms with Gasteiger partial charge in [-0.3, -0.25) is 0 Å². The summed E-state index contributed by atoms with van der Waals surface area (Å²) < 4.78 is 2.19. The summed E-state index contributed by atoms with van der Waals surface area (Å²) in [5.74, 6) is 1.24. The molecule has 3 rings (SSSR count). The van der Waals surface area contributed by atoms with Crippen molar-refractivity contribution in [2.75, 3.05) is 12.0 Å². The van der Waals surface area contributed by atoms with E-state index >= 15 is 0 Å². The minimum Gasteiger partial charge on any atom is -0.302 e. The number of hydrogen-bond acceptors (Lipinski definition) is 5. The van der Waals surface area contributed by atoms with E-state index in [4.69, 9.17) is 0 Å². The fourth-order valence-electron chi connectivity index (χ4n) is 1.97. The van der Waals surface area contributed by atoms with Gasteiger partial charge < -0.3 is 4.57 Å². The minimum atomic E-state index is 0.509. The first-order chi connectivity index (χ1) is 7.90. The normalized spacial score (nSPS) is 20.7. The van der Waals surface area contributed by atoms with E-state index in [1.807, 2.05) is 24.3 Å². The van der Waals surface area contributed by atoms with Gasteiger partial charge in [-0.1, -0.05) is 0 Å². The predicted octanol–water partition coefficient (Wildman–Crippen LogP) is 2.57. The fourth-order valence-corrected chi connectivity index (χ4v) is 3.71. The molecule has 0 saturated carbocycles. The van der Waals surface area contributed by atoms with Crippen molar-refractivity contribution in [3.63, 3.8) is 0 Å². The number of imidazole rings is 1. The van der Waals surface area contributed by atoms with Crippen molar-refractivity contribution < 1.29 is 0 Å². The van der Waals surface area contributed by atoms with E-state index in [1.54, 1.807) is 18.1 Å². The molecule has 16 heavy (non-hydrogen) atoms. The van der Waals surface area contributed by atoms with Crippen LogP contribution in [-0.4, -0.2) is 31.5 Å². The molecule has 0 N–H and O–H groups in total. The Kier molecular flexibility index (Phi) is 2.77. The zero-order valence-electron chi connectivity index (χ0n) is 8.96. The Morgan fingerprint density at radius 3 is 3.12 bits per heavy atom. The topological polar surface area (TPSA) is 43.6 Å². The van der Waals surface area contributed by atoms with Gasteiger partial charge in [0.15, 0.2) is 5.65 Å². The molecule has 1 fully saturated rings. The molecule has 1 saturated heterocycles. The van der Waals surface area contributed by atoms with Crippen molar-refractivity contribution >= 4 is 34.7 Å². The SMILES string of the molecule is CSc1ncnc2c1ncn2C1CCCS1. The van der Waals surface area contributed by atoms with E-state index in [0.717, 1.165) is 16.2 Å². The van der Waals surface area contributed by atoms with E-state index in [2.05, 4.69) is 19.5 Å². The third-order valence-electron chi connectivity index (χ3n) is 2.73. The monoisotopic (exact) mass is 252 g/mol. The lowest BCUT2D eigenvalue weighted by molar-refractivity contribution is 0.654. The number of hydrogen-bond donors (Lipinski definition) is 0. The molecule has 1 aliphatic heterocycles. The summed E-state index contributed by atoms with van der Waals surface area (Å²) in [6.45, 7) is 0. The lowest BCUT2D eigenvalue weighted by Crippen LogP contribution is -2.01. The third kappa shape index (κ3) is 1.60. The Bertz CT molecular complexity index is 504. The van der Waals surface area contributed by atoms with Gasteiger partial charge in [-0.25, -0.2) is 15.0 Å². The Morgan fingerprint density at radius 1 is 1.44 bits per heavy atom. The molecule has 1 atom stereocenters. The van der Waals surface area contributed by atoms with Gasteiger partial charge in [0.1, 0.15) is 16.9 Å². The number of nitrogens with zero attached hydrogens (tertiary/aromatic N) is 4. The van der Waals surface area contributed by atoms with Crippen LogP contribution in [0.15, 0.2) is 17.7 Å². The first kappa shape index (κ1) is 10.4. The fraction of sp³-hybridized carbons (Fsp3) is 0.500. The van der Waals surface area contributed by atoms with Gasteiger partial charge in [-0.2, -0.15) is 0 Å². The molecule has 84 valence electrons. The van der Waals surface area contributed by atoms with E-state index in [1.165, 1.54) is 18.6 Å². The zero-order chi connectivity index (χ0) is 11.0. The molecule has 0 bridgehead atoms. The van der Waals surface area contributed by atoms with E-state index in [0.29, 0.717) is 5.37 Å². The van der Waals surface area contributed by atoms with Crippen molar-refractivity contribution in [1.82, 2.24) is 19.5 Å². The van der Waals surface area contributed by atoms with Crippen LogP contribution in [0.5, 0.6) is 0 Å². The zero-order valence-corrected chi connectivity index (χ0v) is 10.6. The van der Waals surface area contributed by atoms with Gasteiger partial charge in [0.2, 0.25) is 0 Å². The van der Waals surface area contributed by atoms with Gasteiger partial charge >= 0.3 is 0 Å². The second-order valence-corrected chi connectivity index (χ2v) is 5.76. The standard InChI is InChI=1S/C10H12N4S2/c1-15-10-8-9(11-5-12-10)14(6-13-8)7-3-2-4-16-7/h5-7H,2-4H2,1H3. The summed E-state index contributed by atoms with van der Waals surface area (Å²) in [6.07, 6.45) is 8.06. The molecule has 1 aliphatic rings. The highest BCUT2D eigenvalue weighted by atomic mass is 32.2. The Balaban J connectivity index is 2.12. The van der Waals surface area contributed by atoms with E-state index < -0.39 is 0 Å². The van der Waals surface area contributed by atoms with Crippen molar-refractivity contribution in [3.8, 4) is 0 Å². The molecule has 2 aromatic rings. The van der Waals surface area contributed by atoms with Crippen molar-refractivity contribution in [2.24, 2.45) is 0 Å². The highest BCUT2D eigenvalue weighted by Crippen LogP contribution is 2.37. The molecule has 0 amide bonds. The minimum absolute atomic E-state index is 0.509. The maximum absolute atomic E-state index is 4.44. The van der Waals surface area contributed by atoms with Crippen LogP contribution in [0, 0.1) is 0 Å². The van der Waals surface area contributed by atoms with Gasteiger partial charge in [-0.05, 0) is 24.9 Å². The average Bonchev–Trinajstić information content (AvgIpc) is 2.96. The van der Waals surface area contributed by atoms with Gasteiger partial charge in [-0.15, -0.1) is 23.5 Å². The summed E-state index contributed by atoms with van der Waals surface area (Å²) in [4.78, 5) is 13.0. The molecular formula is C10H12N4S2. The molecule has 3 heterocycles. The summed E-state index contributed by atoms with van der Waals surface area (Å²) in [5.41, 5.74) is 1.90. The first-order valence-electron chi connectivity index (χ1n) is 5.23. The highest BCUT2D eigenvalue weighted by molar-refractivity contribution is 7.99. The average molecular weight is 252 g/mol. The van der Waals surface area contributed by atoms with E-state index in [-0.39, 0.29) is 0 Å². The van der Waals surface area contributed by atoms with Gasteiger partial charge in [0.05, 0.1) is 11.7 Å². The summed E-state index contributed by atoms with van der Waals surface area (Å²) >= 11 is 3.60. The summed E-state index contributed by atoms with van der Waals surface area (Å²) in [7, 11) is 0. The van der Waals surface area contributed by atoms with Gasteiger partial charge in [0, 0.05) is 0 Å². The van der Waals surface area contributed by atoms with Gasteiger partial charge in [0.25, 0.3) is 0 Å². The second kappa shape index (κ2) is 4.25. The summed E-state index contributed by atoms with van der Waals surface area (Å²) in [5, 5.41) is 1.47. The molecule has 6 heteroatoms. The van der Waals surface area contributed by atoms with Crippen LogP contribution in [0.3, 0.4) is 0 Å². The Morgan fingerprint density at radius 2 is 2.38 bits per heavy atom. The molecular weight excluding hydrogens is 240 g/mol. The number of rotatable bonds is 2. The highest BCUT2D eigenvalue weighted by Gasteiger charge is 2.20. The molecule has 0 radical (unpaired) electrons. The second-order valence-electron chi connectivity index (χ2n) is 3.67. The lowest BCUT2D eigenvalue weighted by atomic mass is 10.3. The maximum atomic E-state index is 4.44. The first-order valence-corrected chi connectivity index (χ1v) is 7.50. The number of aromatic nitrogens is 4. The Hall–Kier alpha value is -0.750. The lowest BCUT2D eigenvalue weighted by Gasteiger charge is -2.10. The van der Waals surface area contributed by atoms with Crippen LogP contribution in [-0.2, 0) is 0 Å². The summed E-state index contributed by atoms with van der Waals surface area (Å²) in [6, 6.07) is 0. The number of thioether (sulfide) groups is 2. The van der Waals surface area contributed by atoms with E-state index in [9.17, 15) is 0 Å². The smallest absolute Gasteiger partial charge is 0.165 e.